The zero-order valence-electron chi connectivity index (χ0n) is 12.9. The molecule has 0 aromatic heterocycles. The topological polar surface area (TPSA) is 46.2 Å². The Morgan fingerprint density at radius 3 is 2.29 bits per heavy atom. The Labute approximate surface area is 132 Å². The van der Waals surface area contributed by atoms with E-state index in [1.807, 2.05) is 23.9 Å². The summed E-state index contributed by atoms with van der Waals surface area (Å²) < 4.78 is 23.9. The summed E-state index contributed by atoms with van der Waals surface area (Å²) in [6.45, 7) is 2.63. The fourth-order valence-corrected chi connectivity index (χ4v) is 4.66. The molecule has 0 amide bonds. The number of thioether (sulfide) groups is 1. The second-order valence-corrected chi connectivity index (χ2v) is 9.28. The van der Waals surface area contributed by atoms with Gasteiger partial charge in [-0.2, -0.15) is 11.8 Å². The van der Waals surface area contributed by atoms with Crippen LogP contribution in [0.4, 0.5) is 5.69 Å². The molecule has 1 aromatic carbocycles. The predicted molar refractivity (Wildman–Crippen MR) is 92.0 cm³/mol. The Morgan fingerprint density at radius 2 is 1.76 bits per heavy atom. The fraction of sp³-hybridized carbons (Fsp3) is 0.625. The number of hydrogen-bond donors (Lipinski definition) is 1. The first kappa shape index (κ1) is 16.7. The first-order valence-corrected chi connectivity index (χ1v) is 10.5. The van der Waals surface area contributed by atoms with Gasteiger partial charge in [0.15, 0.2) is 9.84 Å². The quantitative estimate of drug-likeness (QED) is 0.859. The van der Waals surface area contributed by atoms with E-state index in [-0.39, 0.29) is 5.75 Å². The lowest BCUT2D eigenvalue weighted by molar-refractivity contribution is 0.411. The lowest BCUT2D eigenvalue weighted by Crippen LogP contribution is -2.35. The molecule has 1 N–H and O–H groups in total. The van der Waals surface area contributed by atoms with Crippen LogP contribution in [0, 0.1) is 0 Å². The van der Waals surface area contributed by atoms with E-state index in [4.69, 9.17) is 0 Å². The molecule has 0 atom stereocenters. The average Bonchev–Trinajstić information content (AvgIpc) is 2.54. The molecule has 0 bridgehead atoms. The van der Waals surface area contributed by atoms with Gasteiger partial charge in [-0.05, 0) is 43.4 Å². The van der Waals surface area contributed by atoms with Gasteiger partial charge in [0.25, 0.3) is 0 Å². The van der Waals surface area contributed by atoms with E-state index < -0.39 is 9.84 Å². The minimum absolute atomic E-state index is 0.148. The van der Waals surface area contributed by atoms with Gasteiger partial charge in [0.2, 0.25) is 0 Å². The molecule has 0 radical (unpaired) electrons. The van der Waals surface area contributed by atoms with Crippen molar-refractivity contribution in [3.63, 3.8) is 0 Å². The van der Waals surface area contributed by atoms with Crippen molar-refractivity contribution in [3.05, 3.63) is 24.3 Å². The van der Waals surface area contributed by atoms with Crippen molar-refractivity contribution in [1.29, 1.82) is 0 Å². The minimum Gasteiger partial charge on any atom is -0.384 e. The summed E-state index contributed by atoms with van der Waals surface area (Å²) in [6.07, 6.45) is 8.72. The van der Waals surface area contributed by atoms with Crippen molar-refractivity contribution in [2.45, 2.75) is 48.7 Å². The van der Waals surface area contributed by atoms with Crippen LogP contribution < -0.4 is 5.32 Å². The van der Waals surface area contributed by atoms with Gasteiger partial charge in [-0.15, -0.1) is 0 Å². The van der Waals surface area contributed by atoms with Crippen molar-refractivity contribution >= 4 is 27.3 Å². The molecule has 0 unspecified atom stereocenters. The number of benzene rings is 1. The third kappa shape index (κ3) is 4.16. The minimum atomic E-state index is -3.10. The molecule has 1 aliphatic rings. The highest BCUT2D eigenvalue weighted by molar-refractivity contribution is 8.00. The predicted octanol–water partition coefficient (Wildman–Crippen LogP) is 3.96. The Balaban J connectivity index is 2.00. The van der Waals surface area contributed by atoms with Crippen LogP contribution in [0.3, 0.4) is 0 Å². The van der Waals surface area contributed by atoms with Crippen molar-refractivity contribution < 1.29 is 8.42 Å². The van der Waals surface area contributed by atoms with Gasteiger partial charge < -0.3 is 5.32 Å². The van der Waals surface area contributed by atoms with Crippen molar-refractivity contribution in [1.82, 2.24) is 0 Å². The van der Waals surface area contributed by atoms with Gasteiger partial charge in [-0.25, -0.2) is 8.42 Å². The molecule has 1 fully saturated rings. The Morgan fingerprint density at radius 1 is 1.14 bits per heavy atom. The maximum Gasteiger partial charge on any atom is 0.178 e. The summed E-state index contributed by atoms with van der Waals surface area (Å²) >= 11 is 1.97. The van der Waals surface area contributed by atoms with Gasteiger partial charge in [-0.1, -0.05) is 26.2 Å². The summed E-state index contributed by atoms with van der Waals surface area (Å²) in [5.41, 5.74) is 1.00. The van der Waals surface area contributed by atoms with Gasteiger partial charge >= 0.3 is 0 Å². The zero-order chi connectivity index (χ0) is 15.3. The number of hydrogen-bond acceptors (Lipinski definition) is 4. The highest BCUT2D eigenvalue weighted by Gasteiger charge is 2.30. The molecule has 21 heavy (non-hydrogen) atoms. The molecule has 118 valence electrons. The van der Waals surface area contributed by atoms with Gasteiger partial charge in [0.05, 0.1) is 10.6 Å². The Hall–Kier alpha value is -0.680. The molecule has 5 heteroatoms. The van der Waals surface area contributed by atoms with Crippen molar-refractivity contribution in [3.8, 4) is 0 Å². The SMILES string of the molecule is CCS(=O)(=O)c1ccc(NCC2(SC)CCCCC2)cc1. The summed E-state index contributed by atoms with van der Waals surface area (Å²) in [4.78, 5) is 0.410. The third-order valence-electron chi connectivity index (χ3n) is 4.41. The third-order valence-corrected chi connectivity index (χ3v) is 7.58. The van der Waals surface area contributed by atoms with Crippen LogP contribution in [0.2, 0.25) is 0 Å². The Bertz CT molecular complexity index is 546. The van der Waals surface area contributed by atoms with Crippen LogP contribution in [0.15, 0.2) is 29.2 Å². The maximum atomic E-state index is 11.8. The summed E-state index contributed by atoms with van der Waals surface area (Å²) in [7, 11) is -3.10. The number of rotatable bonds is 6. The molecular formula is C16H25NO2S2. The lowest BCUT2D eigenvalue weighted by atomic mass is 9.88. The molecule has 0 aliphatic heterocycles. The van der Waals surface area contributed by atoms with E-state index in [0.29, 0.717) is 9.64 Å². The summed E-state index contributed by atoms with van der Waals surface area (Å²) in [6, 6.07) is 7.15. The van der Waals surface area contributed by atoms with Gasteiger partial charge in [0, 0.05) is 17.0 Å². The molecule has 3 nitrogen and oxygen atoms in total. The number of nitrogens with one attached hydrogen (secondary N) is 1. The van der Waals surface area contributed by atoms with Crippen LogP contribution in [0.25, 0.3) is 0 Å². The molecule has 2 rings (SSSR count). The van der Waals surface area contributed by atoms with E-state index in [0.717, 1.165) is 12.2 Å². The highest BCUT2D eigenvalue weighted by Crippen LogP contribution is 2.38. The molecule has 0 heterocycles. The molecular weight excluding hydrogens is 302 g/mol. The lowest BCUT2D eigenvalue weighted by Gasteiger charge is -2.36. The molecule has 1 saturated carbocycles. The van der Waals surface area contributed by atoms with Crippen LogP contribution in [0.5, 0.6) is 0 Å². The summed E-state index contributed by atoms with van der Waals surface area (Å²) in [5.74, 6) is 0.148. The summed E-state index contributed by atoms with van der Waals surface area (Å²) in [5, 5.41) is 3.49. The first-order chi connectivity index (χ1) is 10.0. The second-order valence-electron chi connectivity index (χ2n) is 5.73. The zero-order valence-corrected chi connectivity index (χ0v) is 14.5. The van der Waals surface area contributed by atoms with Crippen molar-refractivity contribution in [2.75, 3.05) is 23.9 Å². The van der Waals surface area contributed by atoms with Gasteiger partial charge in [0.1, 0.15) is 0 Å². The van der Waals surface area contributed by atoms with E-state index in [9.17, 15) is 8.42 Å². The molecule has 0 saturated heterocycles. The average molecular weight is 328 g/mol. The van der Waals surface area contributed by atoms with E-state index in [2.05, 4.69) is 11.6 Å². The van der Waals surface area contributed by atoms with Crippen LogP contribution in [0.1, 0.15) is 39.0 Å². The standard InChI is InChI=1S/C16H25NO2S2/c1-3-21(18,19)15-9-7-14(8-10-15)17-13-16(20-2)11-5-4-6-12-16/h7-10,17H,3-6,11-13H2,1-2H3. The number of anilines is 1. The molecule has 0 spiro atoms. The van der Waals surface area contributed by atoms with E-state index >= 15 is 0 Å². The highest BCUT2D eigenvalue weighted by atomic mass is 32.2. The fourth-order valence-electron chi connectivity index (χ4n) is 2.86. The largest absolute Gasteiger partial charge is 0.384 e. The molecule has 1 aliphatic carbocycles. The maximum absolute atomic E-state index is 11.8. The second kappa shape index (κ2) is 7.05. The normalized spacial score (nSPS) is 18.4. The molecule has 1 aromatic rings. The smallest absolute Gasteiger partial charge is 0.178 e. The Kier molecular flexibility index (Phi) is 5.60. The van der Waals surface area contributed by atoms with E-state index in [1.165, 1.54) is 32.1 Å². The number of sulfone groups is 1. The van der Waals surface area contributed by atoms with Crippen LogP contribution >= 0.6 is 11.8 Å². The van der Waals surface area contributed by atoms with Crippen LogP contribution in [-0.2, 0) is 9.84 Å². The first-order valence-electron chi connectivity index (χ1n) is 7.63. The van der Waals surface area contributed by atoms with Gasteiger partial charge in [-0.3, -0.25) is 0 Å². The van der Waals surface area contributed by atoms with Crippen LogP contribution in [-0.4, -0.2) is 31.7 Å². The van der Waals surface area contributed by atoms with E-state index in [1.54, 1.807) is 19.1 Å². The van der Waals surface area contributed by atoms with Crippen molar-refractivity contribution in [2.24, 2.45) is 0 Å². The monoisotopic (exact) mass is 327 g/mol.